The van der Waals surface area contributed by atoms with Crippen molar-refractivity contribution in [3.63, 3.8) is 0 Å². The zero-order valence-corrected chi connectivity index (χ0v) is 37.9. The number of unbranched alkanes of at least 4 members (excludes halogenated alkanes) is 3. The molecule has 1 amide bonds. The van der Waals surface area contributed by atoms with E-state index in [9.17, 15) is 42.5 Å². The van der Waals surface area contributed by atoms with Crippen LogP contribution >= 0.6 is 27.4 Å². The average Bonchev–Trinajstić information content (AvgIpc) is 3.20. The minimum Gasteiger partial charge on any atom is -0.450 e. The van der Waals surface area contributed by atoms with Gasteiger partial charge >= 0.3 is 21.6 Å². The van der Waals surface area contributed by atoms with Gasteiger partial charge in [-0.1, -0.05) is 59.0 Å². The highest BCUT2D eigenvalue weighted by molar-refractivity contribution is 8.13. The molecule has 0 bridgehead atoms. The van der Waals surface area contributed by atoms with Crippen molar-refractivity contribution in [3.05, 3.63) is 23.8 Å². The summed E-state index contributed by atoms with van der Waals surface area (Å²) >= 11 is 0.350. The summed E-state index contributed by atoms with van der Waals surface area (Å²) in [5.74, 6) is -1.99. The number of esters is 1. The average molecular weight is 930 g/mol. The first kappa shape index (κ1) is 53.0. The Morgan fingerprint density at radius 3 is 2.48 bits per heavy atom. The maximum Gasteiger partial charge on any atom is 0.483 e. The van der Waals surface area contributed by atoms with Crippen molar-refractivity contribution in [3.8, 4) is 12.3 Å². The van der Waals surface area contributed by atoms with Gasteiger partial charge in [0.05, 0.1) is 12.7 Å². The number of fused-ring (bicyclic) bond motifs is 3. The van der Waals surface area contributed by atoms with Crippen LogP contribution in [0.4, 0.5) is 13.2 Å². The molecular weight excluding hydrogens is 869 g/mol. The second kappa shape index (κ2) is 23.5. The number of ketones is 1. The molecule has 0 heterocycles. The molecule has 2 saturated carbocycles. The van der Waals surface area contributed by atoms with Gasteiger partial charge in [-0.2, -0.15) is 4.31 Å². The molecular formula is C40H60F3NO14P2S. The molecule has 0 aromatic rings. The summed E-state index contributed by atoms with van der Waals surface area (Å²) < 4.78 is 104. The van der Waals surface area contributed by atoms with Crippen LogP contribution in [-0.4, -0.2) is 94.8 Å². The summed E-state index contributed by atoms with van der Waals surface area (Å²) in [5, 5.41) is 1.66. The van der Waals surface area contributed by atoms with Crippen molar-refractivity contribution in [2.75, 3.05) is 32.6 Å². The van der Waals surface area contributed by atoms with Crippen LogP contribution in [0.5, 0.6) is 0 Å². The molecule has 0 aromatic heterocycles. The number of ether oxygens (including phenoxy) is 3. The molecule has 0 saturated heterocycles. The minimum absolute atomic E-state index is 0.0112. The first-order valence-electron chi connectivity index (χ1n) is 20.5. The lowest BCUT2D eigenvalue weighted by molar-refractivity contribution is -0.208. The zero-order chi connectivity index (χ0) is 45.6. The van der Waals surface area contributed by atoms with E-state index in [-0.39, 0.29) is 50.8 Å². The van der Waals surface area contributed by atoms with Crippen molar-refractivity contribution in [2.45, 2.75) is 135 Å². The molecule has 0 spiro atoms. The molecule has 61 heavy (non-hydrogen) atoms. The number of phosphoric ester groups is 2. The van der Waals surface area contributed by atoms with Crippen LogP contribution in [0.3, 0.4) is 0 Å². The molecule has 0 aromatic carbocycles. The van der Waals surface area contributed by atoms with E-state index in [1.807, 2.05) is 0 Å². The summed E-state index contributed by atoms with van der Waals surface area (Å²) in [4.78, 5) is 70.8. The number of rotatable bonds is 26. The molecule has 15 nitrogen and oxygen atoms in total. The highest BCUT2D eigenvalue weighted by atomic mass is 32.2. The molecule has 346 valence electrons. The third-order valence-corrected chi connectivity index (χ3v) is 15.1. The van der Waals surface area contributed by atoms with Crippen LogP contribution in [0.1, 0.15) is 105 Å². The Morgan fingerprint density at radius 2 is 1.84 bits per heavy atom. The number of carbonyl (C=O) groups excluding carboxylic acids is 4. The molecule has 2 fully saturated rings. The topological polar surface area (TPSA) is 210 Å². The maximum atomic E-state index is 18.4. The van der Waals surface area contributed by atoms with E-state index in [0.717, 1.165) is 37.8 Å². The fourth-order valence-electron chi connectivity index (χ4n) is 8.65. The van der Waals surface area contributed by atoms with Crippen LogP contribution in [0.15, 0.2) is 23.8 Å². The Bertz CT molecular complexity index is 1750. The molecule has 3 aliphatic carbocycles. The van der Waals surface area contributed by atoms with Crippen molar-refractivity contribution >= 4 is 50.2 Å². The number of thioether (sulfide) groups is 1. The fraction of sp³-hybridized carbons (Fsp3) is 0.750. The number of hydrogen-bond donors (Lipinski definition) is 3. The summed E-state index contributed by atoms with van der Waals surface area (Å²) in [6, 6.07) is -1.07. The van der Waals surface area contributed by atoms with Gasteiger partial charge in [0.2, 0.25) is 11.0 Å². The summed E-state index contributed by atoms with van der Waals surface area (Å²) in [5.41, 5.74) is -6.19. The van der Waals surface area contributed by atoms with Crippen molar-refractivity contribution in [2.24, 2.45) is 23.2 Å². The van der Waals surface area contributed by atoms with E-state index in [2.05, 4.69) is 27.0 Å². The number of phosphoric acid groups is 2. The van der Waals surface area contributed by atoms with E-state index in [1.54, 1.807) is 13.8 Å². The third-order valence-electron chi connectivity index (χ3n) is 11.8. The lowest BCUT2D eigenvalue weighted by Gasteiger charge is -2.60. The number of terminal acetylenes is 1. The number of hydrogen-bond acceptors (Lipinski definition) is 13. The van der Waals surface area contributed by atoms with Crippen molar-refractivity contribution in [1.82, 2.24) is 5.32 Å². The SMILES string of the molecule is C#CC(CCCCCC)OCC(=O)NCCOP(=O)(O)OP(=O)(O)OCO[C@H]1CC[C@@H](C[C@@H](C)C(CC)(OC(=O)CC)C(=O)SCF)[C@@H]2C[C@H](F)C3=CC(=O)C=C[C@]3(C)[C@@]12F. The predicted octanol–water partition coefficient (Wildman–Crippen LogP) is 7.55. The Morgan fingerprint density at radius 1 is 1.13 bits per heavy atom. The van der Waals surface area contributed by atoms with Gasteiger partial charge in [0.15, 0.2) is 23.8 Å². The van der Waals surface area contributed by atoms with Crippen molar-refractivity contribution < 1.29 is 78.8 Å². The molecule has 3 N–H and O–H groups in total. The van der Waals surface area contributed by atoms with Gasteiger partial charge in [0.25, 0.3) is 0 Å². The van der Waals surface area contributed by atoms with Gasteiger partial charge in [0, 0.05) is 30.2 Å². The number of carbonyl (C=O) groups is 4. The second-order valence-electron chi connectivity index (χ2n) is 15.6. The lowest BCUT2D eigenvalue weighted by atomic mass is 9.48. The summed E-state index contributed by atoms with van der Waals surface area (Å²) in [7, 11) is -10.7. The highest BCUT2D eigenvalue weighted by Gasteiger charge is 2.68. The monoisotopic (exact) mass is 929 g/mol. The van der Waals surface area contributed by atoms with E-state index in [0.29, 0.717) is 18.2 Å². The number of allylic oxidation sites excluding steroid dienone is 4. The molecule has 11 atom stereocenters. The van der Waals surface area contributed by atoms with E-state index < -0.39 is 117 Å². The van der Waals surface area contributed by atoms with Crippen LogP contribution in [0.2, 0.25) is 0 Å². The summed E-state index contributed by atoms with van der Waals surface area (Å²) in [6.45, 7) is 5.76. The van der Waals surface area contributed by atoms with Crippen LogP contribution in [0, 0.1) is 35.5 Å². The maximum absolute atomic E-state index is 18.4. The largest absolute Gasteiger partial charge is 0.483 e. The van der Waals surface area contributed by atoms with Crippen LogP contribution < -0.4 is 5.32 Å². The van der Waals surface area contributed by atoms with E-state index in [4.69, 9.17) is 25.2 Å². The highest BCUT2D eigenvalue weighted by Crippen LogP contribution is 2.64. The second-order valence-corrected chi connectivity index (χ2v) is 19.5. The van der Waals surface area contributed by atoms with Crippen LogP contribution in [0.25, 0.3) is 0 Å². The molecule has 0 aliphatic heterocycles. The number of amides is 1. The van der Waals surface area contributed by atoms with Gasteiger partial charge in [-0.05, 0) is 87.3 Å². The fourth-order valence-corrected chi connectivity index (χ4v) is 11.3. The van der Waals surface area contributed by atoms with Gasteiger partial charge in [-0.25, -0.2) is 22.3 Å². The van der Waals surface area contributed by atoms with Gasteiger partial charge < -0.3 is 29.3 Å². The predicted molar refractivity (Wildman–Crippen MR) is 220 cm³/mol. The number of nitrogens with one attached hydrogen (secondary N) is 1. The first-order valence-corrected chi connectivity index (χ1v) is 24.5. The molecule has 21 heteroatoms. The summed E-state index contributed by atoms with van der Waals surface area (Å²) in [6.07, 6.45) is 9.16. The van der Waals surface area contributed by atoms with Gasteiger partial charge in [-0.3, -0.25) is 28.2 Å². The van der Waals surface area contributed by atoms with Crippen LogP contribution in [-0.2, 0) is 55.9 Å². The molecule has 3 aliphatic rings. The lowest BCUT2D eigenvalue weighted by Crippen LogP contribution is -2.66. The Hall–Kier alpha value is -2.36. The Kier molecular flexibility index (Phi) is 20.4. The van der Waals surface area contributed by atoms with E-state index in [1.165, 1.54) is 19.9 Å². The Labute approximate surface area is 360 Å². The normalized spacial score (nSPS) is 28.7. The third kappa shape index (κ3) is 13.6. The molecule has 4 unspecified atom stereocenters. The standard InChI is InChI=1S/C40H60F3NO14P2S/c1-7-11-12-13-14-30(8-2)53-24-35(46)44-19-20-55-59(49,50)58-60(51,52)56-26-54-34-16-15-28(21-27(5)39(10-4,37(48)61-25-41)57-36(47)9-3)31-23-33(42)32-22-29(45)17-18-38(32,6)40(31,34)43/h2,17-18,22,27-28,30-31,33-34H,7,9-16,19-21,23-26H2,1,3-6H3,(H,44,46)(H,49,50)(H,51,52)/t27-,28+,30?,31+,33+,34+,38+,39?,40+/m1/s1. The van der Waals surface area contributed by atoms with E-state index >= 15 is 8.78 Å². The van der Waals surface area contributed by atoms with Gasteiger partial charge in [-0.15, -0.1) is 6.42 Å². The zero-order valence-electron chi connectivity index (χ0n) is 35.3. The Balaban J connectivity index is 1.69. The molecule has 3 rings (SSSR count). The number of alkyl halides is 3. The van der Waals surface area contributed by atoms with Crippen molar-refractivity contribution in [1.29, 1.82) is 0 Å². The first-order chi connectivity index (χ1) is 28.7. The quantitative estimate of drug-likeness (QED) is 0.0251. The van der Waals surface area contributed by atoms with Gasteiger partial charge in [0.1, 0.15) is 24.9 Å². The minimum atomic E-state index is -5.44. The number of halogens is 3. The smallest absolute Gasteiger partial charge is 0.450 e. The molecule has 0 radical (unpaired) electrons.